The van der Waals surface area contributed by atoms with Crippen molar-refractivity contribution in [3.8, 4) is 0 Å². The Balaban J connectivity index is 1.98. The Morgan fingerprint density at radius 1 is 1.67 bits per heavy atom. The van der Waals surface area contributed by atoms with Gasteiger partial charge in [0, 0.05) is 12.6 Å². The summed E-state index contributed by atoms with van der Waals surface area (Å²) in [6.45, 7) is 2.84. The predicted octanol–water partition coefficient (Wildman–Crippen LogP) is 0.0172. The van der Waals surface area contributed by atoms with Crippen molar-refractivity contribution in [3.05, 3.63) is 0 Å². The van der Waals surface area contributed by atoms with Gasteiger partial charge in [-0.3, -0.25) is 11.3 Å². The SMILES string of the molecule is CCOC1CC(NN)C1. The molecule has 0 amide bonds. The number of hydrogen-bond donors (Lipinski definition) is 2. The lowest BCUT2D eigenvalue weighted by Gasteiger charge is -2.33. The topological polar surface area (TPSA) is 47.3 Å². The van der Waals surface area contributed by atoms with Crippen molar-refractivity contribution in [1.82, 2.24) is 5.43 Å². The van der Waals surface area contributed by atoms with E-state index >= 15 is 0 Å². The first-order valence-electron chi connectivity index (χ1n) is 3.44. The lowest BCUT2D eigenvalue weighted by atomic mass is 9.90. The van der Waals surface area contributed by atoms with Crippen molar-refractivity contribution in [2.24, 2.45) is 5.84 Å². The maximum Gasteiger partial charge on any atom is 0.0605 e. The predicted molar refractivity (Wildman–Crippen MR) is 35.8 cm³/mol. The van der Waals surface area contributed by atoms with Crippen LogP contribution in [0.5, 0.6) is 0 Å². The lowest BCUT2D eigenvalue weighted by molar-refractivity contribution is -0.00976. The zero-order chi connectivity index (χ0) is 6.69. The molecule has 0 bridgehead atoms. The van der Waals surface area contributed by atoms with Gasteiger partial charge in [0.15, 0.2) is 0 Å². The second kappa shape index (κ2) is 3.15. The number of nitrogens with one attached hydrogen (secondary N) is 1. The molecular formula is C6H14N2O. The fourth-order valence-electron chi connectivity index (χ4n) is 1.07. The Hall–Kier alpha value is -0.120. The van der Waals surface area contributed by atoms with Gasteiger partial charge in [-0.05, 0) is 19.8 Å². The molecule has 0 spiro atoms. The summed E-state index contributed by atoms with van der Waals surface area (Å²) in [5.41, 5.74) is 2.71. The third-order valence-electron chi connectivity index (χ3n) is 1.73. The normalized spacial score (nSPS) is 34.0. The highest BCUT2D eigenvalue weighted by molar-refractivity contribution is 4.83. The van der Waals surface area contributed by atoms with E-state index in [0.717, 1.165) is 19.4 Å². The molecule has 0 aliphatic heterocycles. The van der Waals surface area contributed by atoms with Crippen LogP contribution in [0, 0.1) is 0 Å². The first-order chi connectivity index (χ1) is 4.36. The minimum absolute atomic E-state index is 0.469. The van der Waals surface area contributed by atoms with Crippen LogP contribution in [0.1, 0.15) is 19.8 Å². The van der Waals surface area contributed by atoms with E-state index in [1.54, 1.807) is 0 Å². The smallest absolute Gasteiger partial charge is 0.0605 e. The molecule has 0 aromatic rings. The summed E-state index contributed by atoms with van der Waals surface area (Å²) >= 11 is 0. The van der Waals surface area contributed by atoms with E-state index in [1.807, 2.05) is 6.92 Å². The Kier molecular flexibility index (Phi) is 2.45. The molecule has 0 heterocycles. The summed E-state index contributed by atoms with van der Waals surface area (Å²) in [5.74, 6) is 5.19. The zero-order valence-corrected chi connectivity index (χ0v) is 5.76. The van der Waals surface area contributed by atoms with Gasteiger partial charge in [-0.25, -0.2) is 0 Å². The Morgan fingerprint density at radius 3 is 2.78 bits per heavy atom. The van der Waals surface area contributed by atoms with Crippen LogP contribution >= 0.6 is 0 Å². The standard InChI is InChI=1S/C6H14N2O/c1-2-9-6-3-5(4-6)8-7/h5-6,8H,2-4,7H2,1H3. The van der Waals surface area contributed by atoms with Gasteiger partial charge in [0.25, 0.3) is 0 Å². The minimum Gasteiger partial charge on any atom is -0.378 e. The first kappa shape index (κ1) is 6.99. The molecule has 1 rings (SSSR count). The monoisotopic (exact) mass is 130 g/mol. The maximum atomic E-state index is 5.31. The lowest BCUT2D eigenvalue weighted by Crippen LogP contribution is -2.48. The molecule has 1 fully saturated rings. The van der Waals surface area contributed by atoms with Crippen LogP contribution in [0.25, 0.3) is 0 Å². The van der Waals surface area contributed by atoms with E-state index in [1.165, 1.54) is 0 Å². The van der Waals surface area contributed by atoms with Gasteiger partial charge in [0.2, 0.25) is 0 Å². The van der Waals surface area contributed by atoms with Crippen molar-refractivity contribution in [3.63, 3.8) is 0 Å². The Bertz CT molecular complexity index is 81.1. The van der Waals surface area contributed by atoms with E-state index in [9.17, 15) is 0 Å². The molecule has 0 radical (unpaired) electrons. The van der Waals surface area contributed by atoms with Crippen LogP contribution in [0.2, 0.25) is 0 Å². The minimum atomic E-state index is 0.469. The van der Waals surface area contributed by atoms with Gasteiger partial charge in [0.05, 0.1) is 6.10 Å². The van der Waals surface area contributed by atoms with Crippen LogP contribution in [0.15, 0.2) is 0 Å². The Labute approximate surface area is 55.5 Å². The van der Waals surface area contributed by atoms with Crippen molar-refractivity contribution in [2.45, 2.75) is 31.9 Å². The largest absolute Gasteiger partial charge is 0.378 e. The van der Waals surface area contributed by atoms with Crippen LogP contribution < -0.4 is 11.3 Å². The van der Waals surface area contributed by atoms with Crippen LogP contribution in [-0.4, -0.2) is 18.8 Å². The summed E-state index contributed by atoms with van der Waals surface area (Å²) in [5, 5.41) is 0. The Morgan fingerprint density at radius 2 is 2.33 bits per heavy atom. The van der Waals surface area contributed by atoms with E-state index in [0.29, 0.717) is 12.1 Å². The van der Waals surface area contributed by atoms with Gasteiger partial charge >= 0.3 is 0 Å². The van der Waals surface area contributed by atoms with E-state index in [-0.39, 0.29) is 0 Å². The van der Waals surface area contributed by atoms with Crippen LogP contribution in [0.4, 0.5) is 0 Å². The van der Waals surface area contributed by atoms with E-state index in [2.05, 4.69) is 5.43 Å². The quantitative estimate of drug-likeness (QED) is 0.418. The summed E-state index contributed by atoms with van der Waals surface area (Å²) in [6.07, 6.45) is 2.62. The number of rotatable bonds is 3. The average molecular weight is 130 g/mol. The molecule has 54 valence electrons. The van der Waals surface area contributed by atoms with Gasteiger partial charge in [0.1, 0.15) is 0 Å². The molecule has 3 N–H and O–H groups in total. The molecule has 3 heteroatoms. The van der Waals surface area contributed by atoms with Crippen molar-refractivity contribution in [2.75, 3.05) is 6.61 Å². The molecule has 0 unspecified atom stereocenters. The second-order valence-electron chi connectivity index (χ2n) is 2.41. The number of nitrogens with two attached hydrogens (primary N) is 1. The molecule has 9 heavy (non-hydrogen) atoms. The van der Waals surface area contributed by atoms with Crippen molar-refractivity contribution >= 4 is 0 Å². The van der Waals surface area contributed by atoms with Crippen LogP contribution in [-0.2, 0) is 4.74 Å². The van der Waals surface area contributed by atoms with Gasteiger partial charge in [-0.15, -0.1) is 0 Å². The highest BCUT2D eigenvalue weighted by Crippen LogP contribution is 2.21. The number of ether oxygens (including phenoxy) is 1. The zero-order valence-electron chi connectivity index (χ0n) is 5.76. The molecule has 0 aromatic heterocycles. The first-order valence-corrected chi connectivity index (χ1v) is 3.44. The highest BCUT2D eigenvalue weighted by Gasteiger charge is 2.27. The van der Waals surface area contributed by atoms with E-state index < -0.39 is 0 Å². The summed E-state index contributed by atoms with van der Waals surface area (Å²) < 4.78 is 5.31. The molecule has 0 atom stereocenters. The molecule has 3 nitrogen and oxygen atoms in total. The molecular weight excluding hydrogens is 116 g/mol. The maximum absolute atomic E-state index is 5.31. The van der Waals surface area contributed by atoms with Crippen LogP contribution in [0.3, 0.4) is 0 Å². The number of hydrogen-bond acceptors (Lipinski definition) is 3. The molecule has 1 saturated carbocycles. The van der Waals surface area contributed by atoms with Gasteiger partial charge < -0.3 is 4.74 Å². The molecule has 1 aliphatic rings. The second-order valence-corrected chi connectivity index (χ2v) is 2.41. The highest BCUT2D eigenvalue weighted by atomic mass is 16.5. The fourth-order valence-corrected chi connectivity index (χ4v) is 1.07. The molecule has 0 aromatic carbocycles. The summed E-state index contributed by atoms with van der Waals surface area (Å²) in [4.78, 5) is 0. The molecule has 0 saturated heterocycles. The van der Waals surface area contributed by atoms with E-state index in [4.69, 9.17) is 10.6 Å². The van der Waals surface area contributed by atoms with Gasteiger partial charge in [-0.1, -0.05) is 0 Å². The molecule has 1 aliphatic carbocycles. The summed E-state index contributed by atoms with van der Waals surface area (Å²) in [6, 6.07) is 0.501. The fraction of sp³-hybridized carbons (Fsp3) is 1.00. The third-order valence-corrected chi connectivity index (χ3v) is 1.73. The third kappa shape index (κ3) is 1.64. The van der Waals surface area contributed by atoms with Gasteiger partial charge in [-0.2, -0.15) is 0 Å². The van der Waals surface area contributed by atoms with Crippen molar-refractivity contribution < 1.29 is 4.74 Å². The number of hydrazine groups is 1. The average Bonchev–Trinajstić information content (AvgIpc) is 1.77. The summed E-state index contributed by atoms with van der Waals surface area (Å²) in [7, 11) is 0. The van der Waals surface area contributed by atoms with Crippen molar-refractivity contribution in [1.29, 1.82) is 0 Å².